The van der Waals surface area contributed by atoms with Gasteiger partial charge < -0.3 is 15.1 Å². The lowest BCUT2D eigenvalue weighted by Gasteiger charge is -2.36. The average molecular weight is 430 g/mol. The number of nitrogens with zero attached hydrogens (tertiary/aromatic N) is 6. The van der Waals surface area contributed by atoms with Crippen molar-refractivity contribution in [3.8, 4) is 0 Å². The van der Waals surface area contributed by atoms with Gasteiger partial charge in [-0.3, -0.25) is 4.79 Å². The minimum absolute atomic E-state index is 0.104. The van der Waals surface area contributed by atoms with Crippen molar-refractivity contribution in [1.82, 2.24) is 19.9 Å². The molecule has 0 bridgehead atoms. The standard InChI is InChI=1S/C24H27N7O/c1-24(2)15-18-20(19(32)16-24)21(27-17-7-4-3-5-8-17)29-23(28-18)31-13-11-30(12-14-31)22-25-9-6-10-26-22/h3-10H,11-16H2,1-2H3,(H,27,28,29). The van der Waals surface area contributed by atoms with Gasteiger partial charge in [-0.15, -0.1) is 0 Å². The normalized spacial score (nSPS) is 17.8. The second-order valence-corrected chi connectivity index (χ2v) is 9.15. The Balaban J connectivity index is 1.45. The van der Waals surface area contributed by atoms with Crippen LogP contribution in [0.5, 0.6) is 0 Å². The van der Waals surface area contributed by atoms with E-state index in [1.807, 2.05) is 36.4 Å². The molecule has 1 fully saturated rings. The second kappa shape index (κ2) is 8.18. The fourth-order valence-electron chi connectivity index (χ4n) is 4.40. The molecule has 164 valence electrons. The third kappa shape index (κ3) is 4.12. The summed E-state index contributed by atoms with van der Waals surface area (Å²) in [5.74, 6) is 2.12. The molecule has 5 rings (SSSR count). The van der Waals surface area contributed by atoms with Crippen LogP contribution < -0.4 is 15.1 Å². The van der Waals surface area contributed by atoms with E-state index in [4.69, 9.17) is 9.97 Å². The van der Waals surface area contributed by atoms with Crippen molar-refractivity contribution in [3.63, 3.8) is 0 Å². The van der Waals surface area contributed by atoms with E-state index in [9.17, 15) is 4.79 Å². The molecule has 0 radical (unpaired) electrons. The summed E-state index contributed by atoms with van der Waals surface area (Å²) < 4.78 is 0. The second-order valence-electron chi connectivity index (χ2n) is 9.15. The highest BCUT2D eigenvalue weighted by molar-refractivity contribution is 6.03. The first-order valence-corrected chi connectivity index (χ1v) is 11.0. The number of nitrogens with one attached hydrogen (secondary N) is 1. The summed E-state index contributed by atoms with van der Waals surface area (Å²) >= 11 is 0. The van der Waals surface area contributed by atoms with Gasteiger partial charge in [0, 0.05) is 50.7 Å². The summed E-state index contributed by atoms with van der Waals surface area (Å²) in [6, 6.07) is 11.7. The van der Waals surface area contributed by atoms with E-state index < -0.39 is 0 Å². The molecular weight excluding hydrogens is 402 g/mol. The molecule has 0 atom stereocenters. The molecule has 0 spiro atoms. The molecule has 3 heterocycles. The first-order valence-electron chi connectivity index (χ1n) is 11.0. The summed E-state index contributed by atoms with van der Waals surface area (Å²) in [6.07, 6.45) is 4.79. The topological polar surface area (TPSA) is 87.1 Å². The van der Waals surface area contributed by atoms with Gasteiger partial charge in [-0.2, -0.15) is 4.98 Å². The van der Waals surface area contributed by atoms with Gasteiger partial charge >= 0.3 is 0 Å². The van der Waals surface area contributed by atoms with Gasteiger partial charge in [0.05, 0.1) is 11.3 Å². The molecule has 3 aromatic rings. The Hall–Kier alpha value is -3.55. The summed E-state index contributed by atoms with van der Waals surface area (Å²) in [4.78, 5) is 35.8. The molecule has 8 heteroatoms. The summed E-state index contributed by atoms with van der Waals surface area (Å²) in [5.41, 5.74) is 2.27. The average Bonchev–Trinajstić information content (AvgIpc) is 2.79. The highest BCUT2D eigenvalue weighted by atomic mass is 16.1. The molecule has 2 aliphatic rings. The van der Waals surface area contributed by atoms with Crippen LogP contribution in [0.2, 0.25) is 0 Å². The predicted octanol–water partition coefficient (Wildman–Crippen LogP) is 3.49. The lowest BCUT2D eigenvalue weighted by molar-refractivity contribution is 0.0911. The van der Waals surface area contributed by atoms with Crippen LogP contribution in [0.4, 0.5) is 23.4 Å². The zero-order chi connectivity index (χ0) is 22.1. The van der Waals surface area contributed by atoms with Gasteiger partial charge in [0.15, 0.2) is 5.78 Å². The first-order chi connectivity index (χ1) is 15.5. The van der Waals surface area contributed by atoms with Crippen LogP contribution >= 0.6 is 0 Å². The fourth-order valence-corrected chi connectivity index (χ4v) is 4.40. The Morgan fingerprint density at radius 2 is 1.50 bits per heavy atom. The number of benzene rings is 1. The number of para-hydroxylation sites is 1. The Labute approximate surface area is 187 Å². The van der Waals surface area contributed by atoms with Gasteiger partial charge in [0.2, 0.25) is 11.9 Å². The van der Waals surface area contributed by atoms with Gasteiger partial charge in [-0.05, 0) is 30.0 Å². The van der Waals surface area contributed by atoms with Crippen molar-refractivity contribution in [2.45, 2.75) is 26.7 Å². The van der Waals surface area contributed by atoms with Crippen LogP contribution in [0.25, 0.3) is 0 Å². The minimum Gasteiger partial charge on any atom is -0.339 e. The zero-order valence-corrected chi connectivity index (χ0v) is 18.5. The number of carbonyl (C=O) groups excluding carboxylic acids is 1. The molecule has 0 amide bonds. The van der Waals surface area contributed by atoms with Crippen LogP contribution in [0.15, 0.2) is 48.8 Å². The maximum Gasteiger partial charge on any atom is 0.227 e. The Morgan fingerprint density at radius 1 is 0.844 bits per heavy atom. The van der Waals surface area contributed by atoms with Crippen molar-refractivity contribution in [2.24, 2.45) is 5.41 Å². The smallest absolute Gasteiger partial charge is 0.227 e. The van der Waals surface area contributed by atoms with E-state index in [-0.39, 0.29) is 11.2 Å². The quantitative estimate of drug-likeness (QED) is 0.674. The van der Waals surface area contributed by atoms with Gasteiger partial charge in [-0.1, -0.05) is 32.0 Å². The number of carbonyl (C=O) groups is 1. The molecule has 0 unspecified atom stereocenters. The van der Waals surface area contributed by atoms with Gasteiger partial charge in [-0.25, -0.2) is 15.0 Å². The van der Waals surface area contributed by atoms with E-state index in [1.54, 1.807) is 12.4 Å². The molecule has 8 nitrogen and oxygen atoms in total. The number of Topliss-reactive ketones (excluding diaryl/α,β-unsaturated/α-hetero) is 1. The van der Waals surface area contributed by atoms with Crippen LogP contribution in [-0.2, 0) is 6.42 Å². The van der Waals surface area contributed by atoms with Crippen molar-refractivity contribution in [2.75, 3.05) is 41.3 Å². The Morgan fingerprint density at radius 3 is 2.19 bits per heavy atom. The van der Waals surface area contributed by atoms with E-state index >= 15 is 0 Å². The van der Waals surface area contributed by atoms with Crippen LogP contribution in [-0.4, -0.2) is 51.9 Å². The fraction of sp³-hybridized carbons (Fsp3) is 0.375. The Bertz CT molecular complexity index is 1110. The van der Waals surface area contributed by atoms with Gasteiger partial charge in [0.1, 0.15) is 5.82 Å². The first kappa shape index (κ1) is 20.4. The van der Waals surface area contributed by atoms with E-state index in [0.29, 0.717) is 23.8 Å². The van der Waals surface area contributed by atoms with Crippen molar-refractivity contribution >= 4 is 29.2 Å². The molecule has 2 aromatic heterocycles. The number of anilines is 4. The van der Waals surface area contributed by atoms with Crippen LogP contribution in [0, 0.1) is 5.41 Å². The molecule has 32 heavy (non-hydrogen) atoms. The molecule has 1 aliphatic heterocycles. The number of piperazine rings is 1. The molecule has 0 saturated carbocycles. The van der Waals surface area contributed by atoms with Gasteiger partial charge in [0.25, 0.3) is 0 Å². The maximum absolute atomic E-state index is 13.0. The monoisotopic (exact) mass is 429 g/mol. The zero-order valence-electron chi connectivity index (χ0n) is 18.5. The third-order valence-corrected chi connectivity index (χ3v) is 5.97. The predicted molar refractivity (Wildman–Crippen MR) is 125 cm³/mol. The third-order valence-electron chi connectivity index (χ3n) is 5.97. The van der Waals surface area contributed by atoms with Crippen molar-refractivity contribution in [3.05, 3.63) is 60.0 Å². The van der Waals surface area contributed by atoms with Crippen LogP contribution in [0.1, 0.15) is 36.3 Å². The number of aromatic nitrogens is 4. The van der Waals surface area contributed by atoms with E-state index in [2.05, 4.69) is 38.9 Å². The highest BCUT2D eigenvalue weighted by Crippen LogP contribution is 2.38. The molecular formula is C24H27N7O. The molecule has 1 aromatic carbocycles. The SMILES string of the molecule is CC1(C)CC(=O)c2c(nc(N3CCN(c4ncccn4)CC3)nc2Nc2ccccc2)C1. The lowest BCUT2D eigenvalue weighted by atomic mass is 9.75. The van der Waals surface area contributed by atoms with E-state index in [0.717, 1.165) is 49.9 Å². The lowest BCUT2D eigenvalue weighted by Crippen LogP contribution is -2.48. The largest absolute Gasteiger partial charge is 0.339 e. The molecule has 1 saturated heterocycles. The van der Waals surface area contributed by atoms with Crippen molar-refractivity contribution < 1.29 is 4.79 Å². The van der Waals surface area contributed by atoms with Crippen molar-refractivity contribution in [1.29, 1.82) is 0 Å². The summed E-state index contributed by atoms with van der Waals surface area (Å²) in [5, 5.41) is 3.37. The van der Waals surface area contributed by atoms with E-state index in [1.165, 1.54) is 0 Å². The van der Waals surface area contributed by atoms with Crippen LogP contribution in [0.3, 0.4) is 0 Å². The minimum atomic E-state index is -0.108. The number of rotatable bonds is 4. The highest BCUT2D eigenvalue weighted by Gasteiger charge is 2.35. The number of ketones is 1. The number of fused-ring (bicyclic) bond motifs is 1. The number of hydrogen-bond acceptors (Lipinski definition) is 8. The molecule has 1 N–H and O–H groups in total. The number of hydrogen-bond donors (Lipinski definition) is 1. The maximum atomic E-state index is 13.0. The molecule has 1 aliphatic carbocycles. The summed E-state index contributed by atoms with van der Waals surface area (Å²) in [7, 11) is 0. The Kier molecular flexibility index (Phi) is 5.20. The summed E-state index contributed by atoms with van der Waals surface area (Å²) in [6.45, 7) is 7.35.